The Morgan fingerprint density at radius 1 is 1.18 bits per heavy atom. The lowest BCUT2D eigenvalue weighted by Gasteiger charge is -2.61. The van der Waals surface area contributed by atoms with Crippen LogP contribution in [0.25, 0.3) is 0 Å². The zero-order valence-electron chi connectivity index (χ0n) is 27.0. The summed E-state index contributed by atoms with van der Waals surface area (Å²) < 4.78 is 11.7. The first-order valence-corrected chi connectivity index (χ1v) is 16.4. The number of nitrogens with zero attached hydrogens (tertiary/aromatic N) is 2. The van der Waals surface area contributed by atoms with Gasteiger partial charge in [-0.25, -0.2) is 9.69 Å². The van der Waals surface area contributed by atoms with Gasteiger partial charge in [-0.3, -0.25) is 19.3 Å². The predicted molar refractivity (Wildman–Crippen MR) is 167 cm³/mol. The number of ether oxygens (including phenoxy) is 2. The normalized spacial score (nSPS) is 38.2. The van der Waals surface area contributed by atoms with E-state index in [1.165, 1.54) is 0 Å². The Bertz CT molecular complexity index is 1410. The fourth-order valence-corrected chi connectivity index (χ4v) is 9.38. The number of aliphatic hydroxyl groups excluding tert-OH is 1. The Kier molecular flexibility index (Phi) is 8.23. The average Bonchev–Trinajstić information content (AvgIpc) is 3.55. The summed E-state index contributed by atoms with van der Waals surface area (Å²) in [7, 11) is 0. The minimum Gasteiger partial charge on any atom is -0.445 e. The molecule has 10 heteroatoms. The SMILES string of the molecule is C=C[C@]1(C)C[C@@H](OC(=O)N2Cc3ccc(NC(=O)CN4CCOCC4)cc3C2=O)[C@]2(C)[C@H](C)CC[C@]3(CCC(=O)[C@H]32)[C@@H](C)[C@@H]1O. The fraction of sp³-hybridized carbons (Fsp3) is 0.657. The summed E-state index contributed by atoms with van der Waals surface area (Å²) >= 11 is 0. The van der Waals surface area contributed by atoms with Crippen molar-refractivity contribution in [1.29, 1.82) is 0 Å². The van der Waals surface area contributed by atoms with Gasteiger partial charge >= 0.3 is 6.09 Å². The second kappa shape index (κ2) is 11.6. The number of Topliss-reactive ketones (excluding diaryl/α,β-unsaturated/α-hetero) is 1. The Labute approximate surface area is 265 Å². The number of carbonyl (C=O) groups is 4. The van der Waals surface area contributed by atoms with Crippen LogP contribution in [-0.4, -0.2) is 83.7 Å². The lowest BCUT2D eigenvalue weighted by molar-refractivity contribution is -0.192. The van der Waals surface area contributed by atoms with Crippen molar-refractivity contribution in [2.24, 2.45) is 34.0 Å². The minimum absolute atomic E-state index is 0.0542. The first-order valence-electron chi connectivity index (χ1n) is 16.4. The smallest absolute Gasteiger partial charge is 0.417 e. The van der Waals surface area contributed by atoms with Crippen LogP contribution < -0.4 is 5.32 Å². The molecule has 2 aliphatic heterocycles. The van der Waals surface area contributed by atoms with E-state index in [0.717, 1.165) is 24.2 Å². The third kappa shape index (κ3) is 5.13. The maximum absolute atomic E-state index is 13.9. The number of hydrogen-bond acceptors (Lipinski definition) is 8. The van der Waals surface area contributed by atoms with Crippen LogP contribution in [0, 0.1) is 34.0 Å². The number of nitrogens with one attached hydrogen (secondary N) is 1. The molecule has 244 valence electrons. The van der Waals surface area contributed by atoms with Gasteiger partial charge in [-0.2, -0.15) is 0 Å². The first kappa shape index (κ1) is 31.9. The lowest BCUT2D eigenvalue weighted by Crippen LogP contribution is -2.63. The van der Waals surface area contributed by atoms with Crippen molar-refractivity contribution in [2.75, 3.05) is 38.2 Å². The number of anilines is 1. The Hall–Kier alpha value is -3.08. The minimum atomic E-state index is -0.767. The lowest BCUT2D eigenvalue weighted by atomic mass is 9.44. The van der Waals surface area contributed by atoms with E-state index in [2.05, 4.69) is 32.7 Å². The monoisotopic (exact) mass is 621 g/mol. The molecule has 3 amide bonds. The molecule has 8 atom stereocenters. The molecule has 2 heterocycles. The molecule has 3 saturated carbocycles. The summed E-state index contributed by atoms with van der Waals surface area (Å²) in [5.74, 6) is -0.879. The van der Waals surface area contributed by atoms with E-state index < -0.39 is 35.0 Å². The van der Waals surface area contributed by atoms with Crippen LogP contribution in [-0.2, 0) is 25.6 Å². The summed E-state index contributed by atoms with van der Waals surface area (Å²) in [6.45, 7) is 15.1. The van der Waals surface area contributed by atoms with Gasteiger partial charge in [-0.1, -0.05) is 39.8 Å². The van der Waals surface area contributed by atoms with Crippen molar-refractivity contribution in [3.8, 4) is 0 Å². The molecular formula is C35H47N3O7. The summed E-state index contributed by atoms with van der Waals surface area (Å²) in [4.78, 5) is 57.0. The van der Waals surface area contributed by atoms with Gasteiger partial charge in [0.05, 0.1) is 32.4 Å². The van der Waals surface area contributed by atoms with E-state index in [0.29, 0.717) is 56.0 Å². The van der Waals surface area contributed by atoms with E-state index >= 15 is 0 Å². The highest BCUT2D eigenvalue weighted by Crippen LogP contribution is 2.68. The topological polar surface area (TPSA) is 125 Å². The van der Waals surface area contributed by atoms with Crippen LogP contribution in [0.15, 0.2) is 30.9 Å². The zero-order chi connectivity index (χ0) is 32.3. The van der Waals surface area contributed by atoms with Gasteiger partial charge in [0.1, 0.15) is 11.9 Å². The standard InChI is InChI=1S/C35H47N3O7/c1-6-33(4)18-27(34(5)21(2)9-11-35(22(3)30(33)41)12-10-26(39)29(34)35)45-32(43)38-19-23-7-8-24(17-25(23)31(38)42)36-28(40)20-37-13-15-44-16-14-37/h6-8,17,21-22,27,29-30,41H,1,9-16,18-20H2,2-5H3,(H,36,40)/t21-,22+,27-,29+,30+,33-,34+,35+/m1/s1. The van der Waals surface area contributed by atoms with Crippen LogP contribution in [0.1, 0.15) is 75.7 Å². The number of amides is 3. The van der Waals surface area contributed by atoms with E-state index in [4.69, 9.17) is 9.47 Å². The predicted octanol–water partition coefficient (Wildman–Crippen LogP) is 4.41. The molecular weight excluding hydrogens is 574 g/mol. The molecule has 4 fully saturated rings. The van der Waals surface area contributed by atoms with E-state index in [1.807, 2.05) is 11.8 Å². The van der Waals surface area contributed by atoms with Gasteiger partial charge in [0.15, 0.2) is 0 Å². The molecule has 1 saturated heterocycles. The Morgan fingerprint density at radius 2 is 1.91 bits per heavy atom. The van der Waals surface area contributed by atoms with Crippen LogP contribution >= 0.6 is 0 Å². The van der Waals surface area contributed by atoms with Crippen molar-refractivity contribution in [2.45, 2.75) is 78.6 Å². The molecule has 1 aromatic carbocycles. The van der Waals surface area contributed by atoms with Gasteiger partial charge in [0, 0.05) is 47.5 Å². The van der Waals surface area contributed by atoms with Crippen molar-refractivity contribution >= 4 is 29.4 Å². The van der Waals surface area contributed by atoms with Crippen molar-refractivity contribution in [3.05, 3.63) is 42.0 Å². The summed E-state index contributed by atoms with van der Waals surface area (Å²) in [5.41, 5.74) is -0.318. The van der Waals surface area contributed by atoms with Gasteiger partial charge in [0.2, 0.25) is 5.91 Å². The highest BCUT2D eigenvalue weighted by Gasteiger charge is 2.68. The molecule has 0 spiro atoms. The summed E-state index contributed by atoms with van der Waals surface area (Å²) in [5, 5.41) is 14.6. The van der Waals surface area contributed by atoms with Gasteiger partial charge in [0.25, 0.3) is 5.91 Å². The Morgan fingerprint density at radius 3 is 2.62 bits per heavy atom. The summed E-state index contributed by atoms with van der Waals surface area (Å²) in [6, 6.07) is 5.10. The largest absolute Gasteiger partial charge is 0.445 e. The molecule has 6 rings (SSSR count). The number of fused-ring (bicyclic) bond motifs is 1. The van der Waals surface area contributed by atoms with Crippen LogP contribution in [0.4, 0.5) is 10.5 Å². The van der Waals surface area contributed by atoms with E-state index in [9.17, 15) is 24.3 Å². The summed E-state index contributed by atoms with van der Waals surface area (Å²) in [6.07, 6.45) is 2.70. The molecule has 3 aliphatic carbocycles. The maximum atomic E-state index is 13.9. The van der Waals surface area contributed by atoms with Crippen molar-refractivity contribution in [3.63, 3.8) is 0 Å². The first-order chi connectivity index (χ1) is 21.3. The third-order valence-electron chi connectivity index (χ3n) is 12.4. The third-order valence-corrected chi connectivity index (χ3v) is 12.4. The highest BCUT2D eigenvalue weighted by molar-refractivity contribution is 6.07. The fourth-order valence-electron chi connectivity index (χ4n) is 9.38. The average molecular weight is 622 g/mol. The van der Waals surface area contributed by atoms with Crippen LogP contribution in [0.5, 0.6) is 0 Å². The molecule has 45 heavy (non-hydrogen) atoms. The van der Waals surface area contributed by atoms with Crippen molar-refractivity contribution < 1.29 is 33.8 Å². The van der Waals surface area contributed by atoms with E-state index in [1.54, 1.807) is 24.3 Å². The van der Waals surface area contributed by atoms with Gasteiger partial charge in [-0.15, -0.1) is 6.58 Å². The molecule has 0 radical (unpaired) electrons. The zero-order valence-corrected chi connectivity index (χ0v) is 27.0. The molecule has 0 aromatic heterocycles. The number of hydrogen-bond donors (Lipinski definition) is 2. The second-order valence-electron chi connectivity index (χ2n) is 14.7. The molecule has 0 unspecified atom stereocenters. The van der Waals surface area contributed by atoms with Gasteiger partial charge in [-0.05, 0) is 60.6 Å². The Balaban J connectivity index is 1.24. The second-order valence-corrected chi connectivity index (χ2v) is 14.7. The number of rotatable bonds is 5. The number of benzene rings is 1. The molecule has 1 aromatic rings. The van der Waals surface area contributed by atoms with Crippen LogP contribution in [0.2, 0.25) is 0 Å². The van der Waals surface area contributed by atoms with Crippen molar-refractivity contribution in [1.82, 2.24) is 9.80 Å². The van der Waals surface area contributed by atoms with Gasteiger partial charge < -0.3 is 19.9 Å². The quantitative estimate of drug-likeness (QED) is 0.464. The van der Waals surface area contributed by atoms with E-state index in [-0.39, 0.29) is 47.9 Å². The molecule has 5 aliphatic rings. The number of morpholine rings is 1. The maximum Gasteiger partial charge on any atom is 0.417 e. The number of carbonyl (C=O) groups excluding carboxylic acids is 4. The number of aliphatic hydroxyl groups is 1. The number of ketones is 1. The molecule has 2 N–H and O–H groups in total. The highest BCUT2D eigenvalue weighted by atomic mass is 16.6. The molecule has 2 bridgehead atoms. The van der Waals surface area contributed by atoms with Crippen LogP contribution in [0.3, 0.4) is 0 Å². The number of imide groups is 1. The molecule has 10 nitrogen and oxygen atoms in total.